The van der Waals surface area contributed by atoms with Crippen molar-refractivity contribution < 1.29 is 0 Å². The van der Waals surface area contributed by atoms with E-state index in [1.165, 1.54) is 4.68 Å². The number of aromatic nitrogens is 3. The molecular formula is C22H20N6. The first-order chi connectivity index (χ1) is 13.6. The first-order valence-corrected chi connectivity index (χ1v) is 9.00. The minimum Gasteiger partial charge on any atom is -0.326 e. The van der Waals surface area contributed by atoms with E-state index in [4.69, 9.17) is 16.6 Å². The fourth-order valence-electron chi connectivity index (χ4n) is 3.10. The molecule has 0 spiro atoms. The number of pyridine rings is 1. The van der Waals surface area contributed by atoms with E-state index in [1.54, 1.807) is 18.3 Å². The van der Waals surface area contributed by atoms with E-state index in [2.05, 4.69) is 10.1 Å². The van der Waals surface area contributed by atoms with Crippen LogP contribution in [-0.2, 0) is 13.0 Å². The molecule has 0 bridgehead atoms. The summed E-state index contributed by atoms with van der Waals surface area (Å²) in [4.78, 5) is 4.32. The molecule has 0 aliphatic carbocycles. The van der Waals surface area contributed by atoms with Crippen LogP contribution in [0.25, 0.3) is 22.2 Å². The van der Waals surface area contributed by atoms with Crippen LogP contribution in [0.15, 0.2) is 72.9 Å². The van der Waals surface area contributed by atoms with Crippen LogP contribution in [0.2, 0.25) is 0 Å². The van der Waals surface area contributed by atoms with Crippen LogP contribution in [0.5, 0.6) is 0 Å². The second kappa shape index (κ2) is 7.54. The molecule has 0 aliphatic heterocycles. The molecule has 0 atom stereocenters. The van der Waals surface area contributed by atoms with Gasteiger partial charge < -0.3 is 5.73 Å². The number of hydrogen-bond acceptors (Lipinski definition) is 5. The molecule has 28 heavy (non-hydrogen) atoms. The van der Waals surface area contributed by atoms with Crippen LogP contribution < -0.4 is 11.2 Å². The largest absolute Gasteiger partial charge is 0.326 e. The van der Waals surface area contributed by atoms with Crippen LogP contribution >= 0.6 is 0 Å². The van der Waals surface area contributed by atoms with Gasteiger partial charge in [0.15, 0.2) is 0 Å². The Kier molecular flexibility index (Phi) is 4.78. The van der Waals surface area contributed by atoms with Crippen molar-refractivity contribution in [2.24, 2.45) is 5.73 Å². The highest BCUT2D eigenvalue weighted by Gasteiger charge is 2.08. The zero-order chi connectivity index (χ0) is 19.5. The molecule has 2 aromatic heterocycles. The lowest BCUT2D eigenvalue weighted by Gasteiger charge is -2.10. The maximum atomic E-state index is 8.49. The second-order valence-electron chi connectivity index (χ2n) is 6.57. The van der Waals surface area contributed by atoms with E-state index < -0.39 is 0 Å². The van der Waals surface area contributed by atoms with E-state index >= 15 is 0 Å². The number of nitrogens with one attached hydrogen (secondary N) is 2. The molecule has 0 fully saturated rings. The van der Waals surface area contributed by atoms with Gasteiger partial charge in [-0.2, -0.15) is 5.10 Å². The second-order valence-corrected chi connectivity index (χ2v) is 6.57. The zero-order valence-electron chi connectivity index (χ0n) is 15.3. The molecule has 4 N–H and O–H groups in total. The summed E-state index contributed by atoms with van der Waals surface area (Å²) in [7, 11) is 0. The van der Waals surface area contributed by atoms with Crippen molar-refractivity contribution >= 4 is 16.7 Å². The van der Waals surface area contributed by atoms with Crippen molar-refractivity contribution in [3.63, 3.8) is 0 Å². The van der Waals surface area contributed by atoms with Crippen LogP contribution in [0.1, 0.15) is 11.1 Å². The normalized spacial score (nSPS) is 10.9. The fourth-order valence-corrected chi connectivity index (χ4v) is 3.10. The lowest BCUT2D eigenvalue weighted by molar-refractivity contribution is 0.799. The minimum atomic E-state index is 0.176. The predicted molar refractivity (Wildman–Crippen MR) is 110 cm³/mol. The molecule has 2 aromatic carbocycles. The maximum Gasteiger partial charge on any atom is 0.148 e. The Morgan fingerprint density at radius 3 is 2.54 bits per heavy atom. The maximum absolute atomic E-state index is 8.49. The first-order valence-electron chi connectivity index (χ1n) is 9.00. The Morgan fingerprint density at radius 2 is 1.75 bits per heavy atom. The third kappa shape index (κ3) is 3.58. The summed E-state index contributed by atoms with van der Waals surface area (Å²) in [5, 5.41) is 22.2. The van der Waals surface area contributed by atoms with Crippen molar-refractivity contribution in [1.29, 1.82) is 10.8 Å². The summed E-state index contributed by atoms with van der Waals surface area (Å²) in [6.07, 6.45) is 2.14. The number of nitrogens with two attached hydrogens (primary N) is 1. The Balaban J connectivity index is 1.63. The lowest BCUT2D eigenvalue weighted by Crippen LogP contribution is -2.30. The van der Waals surface area contributed by atoms with Crippen molar-refractivity contribution in [3.8, 4) is 11.3 Å². The molecule has 0 amide bonds. The topological polar surface area (TPSA) is 104 Å². The number of benzene rings is 2. The van der Waals surface area contributed by atoms with E-state index in [9.17, 15) is 0 Å². The Labute approximate surface area is 162 Å². The van der Waals surface area contributed by atoms with Gasteiger partial charge in [0, 0.05) is 30.1 Å². The molecule has 0 saturated heterocycles. The number of rotatable bonds is 4. The molecule has 4 rings (SSSR count). The number of nitrogens with zero attached hydrogens (tertiary/aromatic N) is 3. The van der Waals surface area contributed by atoms with Gasteiger partial charge >= 0.3 is 0 Å². The average Bonchev–Trinajstić information content (AvgIpc) is 2.74. The van der Waals surface area contributed by atoms with Gasteiger partial charge in [-0.1, -0.05) is 36.4 Å². The molecule has 0 unspecified atom stereocenters. The van der Waals surface area contributed by atoms with Gasteiger partial charge in [0.1, 0.15) is 11.3 Å². The Hall–Kier alpha value is -3.64. The molecule has 0 saturated carbocycles. The van der Waals surface area contributed by atoms with E-state index in [0.29, 0.717) is 18.7 Å². The molecule has 4 aromatic rings. The molecular weight excluding hydrogens is 348 g/mol. The van der Waals surface area contributed by atoms with Gasteiger partial charge in [-0.05, 0) is 41.5 Å². The van der Waals surface area contributed by atoms with E-state index in [0.717, 1.165) is 27.6 Å². The highest BCUT2D eigenvalue weighted by atomic mass is 15.3. The predicted octanol–water partition coefficient (Wildman–Crippen LogP) is 3.10. The van der Waals surface area contributed by atoms with Crippen molar-refractivity contribution in [2.75, 3.05) is 0 Å². The summed E-state index contributed by atoms with van der Waals surface area (Å²) in [5.74, 6) is 0.244. The lowest BCUT2D eigenvalue weighted by atomic mass is 10.1. The van der Waals surface area contributed by atoms with E-state index in [-0.39, 0.29) is 11.3 Å². The smallest absolute Gasteiger partial charge is 0.148 e. The molecule has 6 heteroatoms. The van der Waals surface area contributed by atoms with Gasteiger partial charge in [0.05, 0.1) is 11.2 Å². The molecule has 6 nitrogen and oxygen atoms in total. The summed E-state index contributed by atoms with van der Waals surface area (Å²) in [6.45, 7) is 0.491. The van der Waals surface area contributed by atoms with Crippen molar-refractivity contribution in [1.82, 2.24) is 14.8 Å². The van der Waals surface area contributed by atoms with Crippen LogP contribution in [0.4, 0.5) is 0 Å². The summed E-state index contributed by atoms with van der Waals surface area (Å²) < 4.78 is 1.37. The molecule has 2 heterocycles. The first kappa shape index (κ1) is 17.8. The number of fused-ring (bicyclic) bond motifs is 1. The van der Waals surface area contributed by atoms with Crippen LogP contribution in [0, 0.1) is 10.8 Å². The minimum absolute atomic E-state index is 0.176. The van der Waals surface area contributed by atoms with Crippen LogP contribution in [-0.4, -0.2) is 20.6 Å². The zero-order valence-corrected chi connectivity index (χ0v) is 15.3. The quantitative estimate of drug-likeness (QED) is 0.381. The van der Waals surface area contributed by atoms with Gasteiger partial charge in [-0.25, -0.2) is 4.68 Å². The van der Waals surface area contributed by atoms with Crippen molar-refractivity contribution in [2.45, 2.75) is 13.0 Å². The third-order valence-electron chi connectivity index (χ3n) is 4.62. The van der Waals surface area contributed by atoms with Crippen LogP contribution in [0.3, 0.4) is 0 Å². The standard InChI is InChI=1S/C22H20N6/c23-14-15-3-6-17(7-4-15)20-9-10-21(24)28(27-20)22(25)13-16-5-8-19-18(12-16)2-1-11-26-19/h1-12,24-25H,13-14,23H2. The molecule has 0 radical (unpaired) electrons. The molecule has 138 valence electrons. The summed E-state index contributed by atoms with van der Waals surface area (Å²) in [5.41, 5.74) is 10.4. The summed E-state index contributed by atoms with van der Waals surface area (Å²) in [6, 6.07) is 21.1. The van der Waals surface area contributed by atoms with Gasteiger partial charge in [0.2, 0.25) is 0 Å². The fraction of sp³-hybridized carbons (Fsp3) is 0.0909. The average molecular weight is 368 g/mol. The third-order valence-corrected chi connectivity index (χ3v) is 4.62. The van der Waals surface area contributed by atoms with Gasteiger partial charge in [-0.3, -0.25) is 15.8 Å². The number of hydrogen-bond donors (Lipinski definition) is 3. The SMILES string of the molecule is N=C(Cc1ccc2ncccc2c1)n1nc(-c2ccc(CN)cc2)ccc1=N. The van der Waals surface area contributed by atoms with Crippen molar-refractivity contribution in [3.05, 3.63) is 89.5 Å². The molecule has 0 aliphatic rings. The van der Waals surface area contributed by atoms with Gasteiger partial charge in [-0.15, -0.1) is 0 Å². The van der Waals surface area contributed by atoms with E-state index in [1.807, 2.05) is 54.6 Å². The Bertz CT molecular complexity index is 1210. The highest BCUT2D eigenvalue weighted by molar-refractivity contribution is 5.85. The monoisotopic (exact) mass is 368 g/mol. The summed E-state index contributed by atoms with van der Waals surface area (Å²) >= 11 is 0. The van der Waals surface area contributed by atoms with Gasteiger partial charge in [0.25, 0.3) is 0 Å². The highest BCUT2D eigenvalue weighted by Crippen LogP contribution is 2.17. The Morgan fingerprint density at radius 1 is 0.964 bits per heavy atom.